The van der Waals surface area contributed by atoms with Gasteiger partial charge in [0.05, 0.1) is 11.7 Å². The molecule has 3 aromatic carbocycles. The van der Waals surface area contributed by atoms with E-state index in [2.05, 4.69) is 64.0 Å². The predicted molar refractivity (Wildman–Crippen MR) is 140 cm³/mol. The molecule has 35 heavy (non-hydrogen) atoms. The van der Waals surface area contributed by atoms with E-state index in [1.54, 1.807) is 0 Å². The highest BCUT2D eigenvalue weighted by Gasteiger charge is 2.30. The molecule has 7 aromatic rings. The Morgan fingerprint density at radius 1 is 0.657 bits per heavy atom. The number of imidazole rings is 1. The molecule has 0 atom stereocenters. The van der Waals surface area contributed by atoms with Gasteiger partial charge in [0, 0.05) is 28.6 Å². The highest BCUT2D eigenvalue weighted by Crippen LogP contribution is 2.50. The third-order valence-electron chi connectivity index (χ3n) is 7.96. The summed E-state index contributed by atoms with van der Waals surface area (Å²) < 4.78 is 2.19. The van der Waals surface area contributed by atoms with E-state index >= 15 is 0 Å². The fourth-order valence-electron chi connectivity index (χ4n) is 6.58. The molecule has 0 radical (unpaired) electrons. The Morgan fingerprint density at radius 2 is 1.54 bits per heavy atom. The summed E-state index contributed by atoms with van der Waals surface area (Å²) in [5.41, 5.74) is 15.1. The van der Waals surface area contributed by atoms with Gasteiger partial charge in [0.25, 0.3) is 0 Å². The van der Waals surface area contributed by atoms with Crippen molar-refractivity contribution in [2.24, 2.45) is 0 Å². The van der Waals surface area contributed by atoms with Crippen LogP contribution in [-0.2, 0) is 12.8 Å². The fraction of sp³-hybridized carbons (Fsp3) is 0.0645. The number of hydrogen-bond acceptors (Lipinski definition) is 3. The SMILES string of the molecule is c1ccc2c(c1)Cc1ccc3c(c1-2)Cc1ccc2c(c1-3)c1cccnc1n1c3ccncc3nc21. The van der Waals surface area contributed by atoms with Crippen LogP contribution in [0.3, 0.4) is 0 Å². The topological polar surface area (TPSA) is 43.1 Å². The third-order valence-corrected chi connectivity index (χ3v) is 7.96. The molecular formula is C31H18N4. The summed E-state index contributed by atoms with van der Waals surface area (Å²) in [5, 5.41) is 3.58. The van der Waals surface area contributed by atoms with Crippen LogP contribution in [0.4, 0.5) is 0 Å². The number of pyridine rings is 3. The average molecular weight is 447 g/mol. The largest absolute Gasteiger partial charge is 0.276 e. The van der Waals surface area contributed by atoms with Gasteiger partial charge < -0.3 is 0 Å². The highest BCUT2D eigenvalue weighted by atomic mass is 15.1. The van der Waals surface area contributed by atoms with Crippen LogP contribution >= 0.6 is 0 Å². The molecule has 0 bridgehead atoms. The average Bonchev–Trinajstić information content (AvgIpc) is 3.59. The normalized spacial score (nSPS) is 13.5. The van der Waals surface area contributed by atoms with Crippen LogP contribution in [0.5, 0.6) is 0 Å². The Labute approximate surface area is 200 Å². The lowest BCUT2D eigenvalue weighted by molar-refractivity contribution is 1.23. The molecule has 0 N–H and O–H groups in total. The van der Waals surface area contributed by atoms with Crippen molar-refractivity contribution in [3.8, 4) is 22.3 Å². The summed E-state index contributed by atoms with van der Waals surface area (Å²) in [6.45, 7) is 0. The van der Waals surface area contributed by atoms with Gasteiger partial charge in [-0.25, -0.2) is 9.97 Å². The first-order valence-corrected chi connectivity index (χ1v) is 12.0. The zero-order valence-corrected chi connectivity index (χ0v) is 18.8. The Hall–Kier alpha value is -4.57. The van der Waals surface area contributed by atoms with Crippen molar-refractivity contribution < 1.29 is 0 Å². The van der Waals surface area contributed by atoms with Gasteiger partial charge in [-0.1, -0.05) is 48.5 Å². The monoisotopic (exact) mass is 446 g/mol. The molecule has 4 nitrogen and oxygen atoms in total. The van der Waals surface area contributed by atoms with Crippen molar-refractivity contribution in [3.05, 3.63) is 108 Å². The standard InChI is InChI=1S/C31H18N4/c1-2-5-20-17(4-1)14-18-7-9-21-24(27(18)20)15-19-8-10-23-29(28(19)21)22-6-3-12-33-30(22)35-26-11-13-32-16-25(26)34-31(23)35/h1-13,16H,14-15H2. The van der Waals surface area contributed by atoms with Crippen LogP contribution in [0.1, 0.15) is 22.3 Å². The van der Waals surface area contributed by atoms with Gasteiger partial charge in [0.15, 0.2) is 0 Å². The van der Waals surface area contributed by atoms with Crippen molar-refractivity contribution in [2.75, 3.05) is 0 Å². The molecule has 2 aliphatic rings. The van der Waals surface area contributed by atoms with Crippen molar-refractivity contribution in [1.82, 2.24) is 19.4 Å². The second-order valence-corrected chi connectivity index (χ2v) is 9.67. The Bertz CT molecular complexity index is 2070. The van der Waals surface area contributed by atoms with Crippen molar-refractivity contribution in [1.29, 1.82) is 0 Å². The van der Waals surface area contributed by atoms with Crippen molar-refractivity contribution >= 4 is 38.5 Å². The minimum atomic E-state index is 0.891. The first kappa shape index (κ1) is 17.8. The van der Waals surface area contributed by atoms with Crippen LogP contribution in [0.15, 0.2) is 85.3 Å². The molecule has 0 saturated carbocycles. The summed E-state index contributed by atoms with van der Waals surface area (Å²) in [7, 11) is 0. The number of nitrogens with zero attached hydrogens (tertiary/aromatic N) is 4. The number of hydrogen-bond donors (Lipinski definition) is 0. The summed E-state index contributed by atoms with van der Waals surface area (Å²) >= 11 is 0. The summed E-state index contributed by atoms with van der Waals surface area (Å²) in [4.78, 5) is 14.2. The van der Waals surface area contributed by atoms with Gasteiger partial charge in [0.1, 0.15) is 16.8 Å². The lowest BCUT2D eigenvalue weighted by Crippen LogP contribution is -1.95. The molecule has 0 amide bonds. The third kappa shape index (κ3) is 2.11. The number of fused-ring (bicyclic) bond motifs is 16. The van der Waals surface area contributed by atoms with E-state index in [0.29, 0.717) is 0 Å². The molecule has 0 unspecified atom stereocenters. The molecule has 0 fully saturated rings. The molecule has 4 heterocycles. The Kier molecular flexibility index (Phi) is 3.11. The molecule has 4 heteroatoms. The highest BCUT2D eigenvalue weighted by molar-refractivity contribution is 6.20. The van der Waals surface area contributed by atoms with Gasteiger partial charge in [-0.2, -0.15) is 0 Å². The van der Waals surface area contributed by atoms with Crippen LogP contribution in [0, 0.1) is 0 Å². The molecule has 0 spiro atoms. The van der Waals surface area contributed by atoms with E-state index in [0.717, 1.165) is 45.9 Å². The fourth-order valence-corrected chi connectivity index (χ4v) is 6.58. The van der Waals surface area contributed by atoms with Crippen LogP contribution < -0.4 is 0 Å². The molecule has 4 aromatic heterocycles. The van der Waals surface area contributed by atoms with Gasteiger partial charge in [-0.05, 0) is 75.5 Å². The maximum absolute atomic E-state index is 5.02. The van der Waals surface area contributed by atoms with Crippen LogP contribution in [0.25, 0.3) is 60.7 Å². The second-order valence-electron chi connectivity index (χ2n) is 9.67. The van der Waals surface area contributed by atoms with Gasteiger partial charge in [-0.3, -0.25) is 9.38 Å². The summed E-state index contributed by atoms with van der Waals surface area (Å²) in [5.74, 6) is 0. The molecule has 2 aliphatic carbocycles. The van der Waals surface area contributed by atoms with Crippen molar-refractivity contribution in [3.63, 3.8) is 0 Å². The first-order chi connectivity index (χ1) is 17.4. The number of benzene rings is 3. The van der Waals surface area contributed by atoms with E-state index in [-0.39, 0.29) is 0 Å². The second kappa shape index (κ2) is 6.10. The summed E-state index contributed by atoms with van der Waals surface area (Å²) in [6, 6.07) is 24.4. The van der Waals surface area contributed by atoms with Gasteiger partial charge in [0.2, 0.25) is 0 Å². The van der Waals surface area contributed by atoms with Crippen LogP contribution in [-0.4, -0.2) is 19.4 Å². The Morgan fingerprint density at radius 3 is 2.54 bits per heavy atom. The zero-order valence-electron chi connectivity index (χ0n) is 18.8. The van der Waals surface area contributed by atoms with Gasteiger partial charge in [-0.15, -0.1) is 0 Å². The summed E-state index contributed by atoms with van der Waals surface area (Å²) in [6.07, 6.45) is 7.53. The molecule has 0 saturated heterocycles. The number of rotatable bonds is 0. The van der Waals surface area contributed by atoms with E-state index in [1.807, 2.05) is 30.7 Å². The quantitative estimate of drug-likeness (QED) is 0.243. The van der Waals surface area contributed by atoms with E-state index in [1.165, 1.54) is 49.9 Å². The lowest BCUT2D eigenvalue weighted by Gasteiger charge is -2.13. The molecule has 0 aliphatic heterocycles. The maximum atomic E-state index is 5.02. The van der Waals surface area contributed by atoms with E-state index < -0.39 is 0 Å². The smallest absolute Gasteiger partial charge is 0.147 e. The predicted octanol–water partition coefficient (Wildman–Crippen LogP) is 6.73. The lowest BCUT2D eigenvalue weighted by atomic mass is 9.93. The van der Waals surface area contributed by atoms with Gasteiger partial charge >= 0.3 is 0 Å². The minimum absolute atomic E-state index is 0.891. The van der Waals surface area contributed by atoms with Crippen LogP contribution in [0.2, 0.25) is 0 Å². The molecule has 162 valence electrons. The maximum Gasteiger partial charge on any atom is 0.147 e. The minimum Gasteiger partial charge on any atom is -0.276 e. The van der Waals surface area contributed by atoms with E-state index in [4.69, 9.17) is 9.97 Å². The zero-order chi connectivity index (χ0) is 22.7. The number of aromatic nitrogens is 4. The molecular weight excluding hydrogens is 428 g/mol. The van der Waals surface area contributed by atoms with Crippen molar-refractivity contribution in [2.45, 2.75) is 12.8 Å². The molecule has 9 rings (SSSR count). The first-order valence-electron chi connectivity index (χ1n) is 12.0. The van der Waals surface area contributed by atoms with E-state index in [9.17, 15) is 0 Å². The Balaban J connectivity index is 1.47.